The van der Waals surface area contributed by atoms with Crippen LogP contribution in [0.5, 0.6) is 0 Å². The van der Waals surface area contributed by atoms with Gasteiger partial charge < -0.3 is 10.6 Å². The normalized spacial score (nSPS) is 10.2. The molecule has 0 bridgehead atoms. The van der Waals surface area contributed by atoms with Crippen LogP contribution in [0.1, 0.15) is 16.7 Å². The van der Waals surface area contributed by atoms with Crippen LogP contribution in [0.25, 0.3) is 0 Å². The molecular weight excluding hydrogens is 248 g/mol. The Hall–Kier alpha value is -2.29. The highest BCUT2D eigenvalue weighted by Crippen LogP contribution is 2.16. The summed E-state index contributed by atoms with van der Waals surface area (Å²) in [5.41, 5.74) is 5.26. The number of aryl methyl sites for hydroxylation is 3. The third-order valence-corrected chi connectivity index (χ3v) is 3.24. The first-order valence-electron chi connectivity index (χ1n) is 6.73. The number of carbonyl (C=O) groups is 1. The highest BCUT2D eigenvalue weighted by Gasteiger charge is 2.05. The number of carbonyl (C=O) groups excluding carboxylic acids is 1. The molecule has 0 aliphatic heterocycles. The Morgan fingerprint density at radius 1 is 0.950 bits per heavy atom. The van der Waals surface area contributed by atoms with Crippen molar-refractivity contribution in [3.05, 3.63) is 59.2 Å². The third-order valence-electron chi connectivity index (χ3n) is 3.24. The van der Waals surface area contributed by atoms with Crippen molar-refractivity contribution < 1.29 is 4.79 Å². The summed E-state index contributed by atoms with van der Waals surface area (Å²) in [5.74, 6) is -0.0415. The second-order valence-electron chi connectivity index (χ2n) is 5.04. The molecule has 0 heterocycles. The van der Waals surface area contributed by atoms with E-state index in [1.807, 2.05) is 57.2 Å². The summed E-state index contributed by atoms with van der Waals surface area (Å²) in [6.07, 6.45) is 0. The molecule has 0 atom stereocenters. The fourth-order valence-corrected chi connectivity index (χ4v) is 2.09. The van der Waals surface area contributed by atoms with Crippen molar-refractivity contribution in [3.8, 4) is 0 Å². The minimum Gasteiger partial charge on any atom is -0.376 e. The van der Waals surface area contributed by atoms with Crippen LogP contribution in [-0.4, -0.2) is 12.5 Å². The predicted molar refractivity (Wildman–Crippen MR) is 84.2 cm³/mol. The first-order chi connectivity index (χ1) is 9.56. The van der Waals surface area contributed by atoms with E-state index in [-0.39, 0.29) is 12.5 Å². The van der Waals surface area contributed by atoms with Crippen molar-refractivity contribution in [3.63, 3.8) is 0 Å². The van der Waals surface area contributed by atoms with Crippen molar-refractivity contribution in [2.24, 2.45) is 0 Å². The van der Waals surface area contributed by atoms with Crippen LogP contribution >= 0.6 is 0 Å². The van der Waals surface area contributed by atoms with Crippen LogP contribution in [0.3, 0.4) is 0 Å². The van der Waals surface area contributed by atoms with Gasteiger partial charge >= 0.3 is 0 Å². The molecule has 0 aromatic heterocycles. The van der Waals surface area contributed by atoms with E-state index in [0.717, 1.165) is 22.5 Å². The van der Waals surface area contributed by atoms with Gasteiger partial charge in [0.25, 0.3) is 0 Å². The minimum absolute atomic E-state index is 0.0415. The molecule has 1 amide bonds. The van der Waals surface area contributed by atoms with Gasteiger partial charge in [-0.1, -0.05) is 35.9 Å². The van der Waals surface area contributed by atoms with Gasteiger partial charge in [-0.05, 0) is 44.0 Å². The van der Waals surface area contributed by atoms with Crippen molar-refractivity contribution in [1.82, 2.24) is 0 Å². The Morgan fingerprint density at radius 2 is 1.70 bits per heavy atom. The van der Waals surface area contributed by atoms with Gasteiger partial charge in [0, 0.05) is 11.4 Å². The van der Waals surface area contributed by atoms with E-state index in [1.165, 1.54) is 5.56 Å². The van der Waals surface area contributed by atoms with Gasteiger partial charge in [0.05, 0.1) is 6.54 Å². The van der Waals surface area contributed by atoms with E-state index in [2.05, 4.69) is 16.7 Å². The SMILES string of the molecule is Cc1ccc(NC(=O)CNc2ccccc2C)c(C)c1. The summed E-state index contributed by atoms with van der Waals surface area (Å²) in [6, 6.07) is 13.9. The number of nitrogens with one attached hydrogen (secondary N) is 2. The maximum atomic E-state index is 12.0. The lowest BCUT2D eigenvalue weighted by Gasteiger charge is -2.11. The average Bonchev–Trinajstić information content (AvgIpc) is 2.41. The standard InChI is InChI=1S/C17H20N2O/c1-12-8-9-16(14(3)10-12)19-17(20)11-18-15-7-5-4-6-13(15)2/h4-10,18H,11H2,1-3H3,(H,19,20). The molecule has 0 saturated carbocycles. The molecule has 2 aromatic carbocycles. The number of para-hydroxylation sites is 1. The molecule has 0 fully saturated rings. The zero-order valence-electron chi connectivity index (χ0n) is 12.2. The Balaban J connectivity index is 1.94. The van der Waals surface area contributed by atoms with Gasteiger partial charge in [0.2, 0.25) is 5.91 Å². The van der Waals surface area contributed by atoms with E-state index < -0.39 is 0 Å². The molecule has 2 aromatic rings. The molecule has 0 aliphatic rings. The molecule has 0 aliphatic carbocycles. The second kappa shape index (κ2) is 6.24. The lowest BCUT2D eigenvalue weighted by atomic mass is 10.1. The molecule has 0 radical (unpaired) electrons. The molecule has 2 rings (SSSR count). The second-order valence-corrected chi connectivity index (χ2v) is 5.04. The fraction of sp³-hybridized carbons (Fsp3) is 0.235. The molecular formula is C17H20N2O. The number of rotatable bonds is 4. The van der Waals surface area contributed by atoms with Gasteiger partial charge in [-0.25, -0.2) is 0 Å². The number of benzene rings is 2. The molecule has 20 heavy (non-hydrogen) atoms. The molecule has 3 heteroatoms. The summed E-state index contributed by atoms with van der Waals surface area (Å²) in [7, 11) is 0. The highest BCUT2D eigenvalue weighted by atomic mass is 16.1. The van der Waals surface area contributed by atoms with Crippen LogP contribution in [-0.2, 0) is 4.79 Å². The lowest BCUT2D eigenvalue weighted by molar-refractivity contribution is -0.114. The minimum atomic E-state index is -0.0415. The van der Waals surface area contributed by atoms with Gasteiger partial charge in [0.15, 0.2) is 0 Å². The van der Waals surface area contributed by atoms with Gasteiger partial charge in [-0.2, -0.15) is 0 Å². The zero-order valence-corrected chi connectivity index (χ0v) is 12.2. The van der Waals surface area contributed by atoms with Crippen LogP contribution in [0, 0.1) is 20.8 Å². The Bertz CT molecular complexity index is 620. The summed E-state index contributed by atoms with van der Waals surface area (Å²) in [4.78, 5) is 12.0. The van der Waals surface area contributed by atoms with Crippen molar-refractivity contribution in [1.29, 1.82) is 0 Å². The van der Waals surface area contributed by atoms with E-state index in [9.17, 15) is 4.79 Å². The monoisotopic (exact) mass is 268 g/mol. The fourth-order valence-electron chi connectivity index (χ4n) is 2.09. The van der Waals surface area contributed by atoms with Crippen molar-refractivity contribution >= 4 is 17.3 Å². The number of amides is 1. The Kier molecular flexibility index (Phi) is 4.41. The molecule has 0 spiro atoms. The van der Waals surface area contributed by atoms with Gasteiger partial charge in [-0.15, -0.1) is 0 Å². The van der Waals surface area contributed by atoms with Gasteiger partial charge in [-0.3, -0.25) is 4.79 Å². The van der Waals surface area contributed by atoms with E-state index in [4.69, 9.17) is 0 Å². The average molecular weight is 268 g/mol. The smallest absolute Gasteiger partial charge is 0.243 e. The topological polar surface area (TPSA) is 41.1 Å². The Morgan fingerprint density at radius 3 is 2.40 bits per heavy atom. The summed E-state index contributed by atoms with van der Waals surface area (Å²) < 4.78 is 0. The van der Waals surface area contributed by atoms with Crippen LogP contribution < -0.4 is 10.6 Å². The third kappa shape index (κ3) is 3.60. The van der Waals surface area contributed by atoms with Crippen molar-refractivity contribution in [2.45, 2.75) is 20.8 Å². The quantitative estimate of drug-likeness (QED) is 0.888. The molecule has 104 valence electrons. The van der Waals surface area contributed by atoms with E-state index in [1.54, 1.807) is 0 Å². The summed E-state index contributed by atoms with van der Waals surface area (Å²) >= 11 is 0. The predicted octanol–water partition coefficient (Wildman–Crippen LogP) is 3.66. The number of hydrogen-bond acceptors (Lipinski definition) is 2. The molecule has 0 unspecified atom stereocenters. The van der Waals surface area contributed by atoms with E-state index in [0.29, 0.717) is 0 Å². The maximum absolute atomic E-state index is 12.0. The number of hydrogen-bond donors (Lipinski definition) is 2. The van der Waals surface area contributed by atoms with Crippen molar-refractivity contribution in [2.75, 3.05) is 17.2 Å². The molecule has 0 saturated heterocycles. The largest absolute Gasteiger partial charge is 0.376 e. The Labute approximate surface area is 120 Å². The summed E-state index contributed by atoms with van der Waals surface area (Å²) in [5, 5.41) is 6.08. The molecule has 3 nitrogen and oxygen atoms in total. The number of anilines is 2. The first kappa shape index (κ1) is 14.1. The van der Waals surface area contributed by atoms with Crippen LogP contribution in [0.2, 0.25) is 0 Å². The maximum Gasteiger partial charge on any atom is 0.243 e. The van der Waals surface area contributed by atoms with Crippen LogP contribution in [0.15, 0.2) is 42.5 Å². The van der Waals surface area contributed by atoms with Gasteiger partial charge in [0.1, 0.15) is 0 Å². The zero-order chi connectivity index (χ0) is 14.5. The molecule has 2 N–H and O–H groups in total. The summed E-state index contributed by atoms with van der Waals surface area (Å²) in [6.45, 7) is 6.32. The van der Waals surface area contributed by atoms with E-state index >= 15 is 0 Å². The highest BCUT2D eigenvalue weighted by molar-refractivity contribution is 5.94. The lowest BCUT2D eigenvalue weighted by Crippen LogP contribution is -2.22. The first-order valence-corrected chi connectivity index (χ1v) is 6.73. The van der Waals surface area contributed by atoms with Crippen LogP contribution in [0.4, 0.5) is 11.4 Å².